The van der Waals surface area contributed by atoms with E-state index in [1.165, 1.54) is 23.7 Å². The highest BCUT2D eigenvalue weighted by Crippen LogP contribution is 2.29. The lowest BCUT2D eigenvalue weighted by atomic mass is 9.96. The van der Waals surface area contributed by atoms with Crippen LogP contribution in [0.1, 0.15) is 53.2 Å². The number of nitrogens with one attached hydrogen (secondary N) is 1. The minimum absolute atomic E-state index is 0.150. The van der Waals surface area contributed by atoms with Gasteiger partial charge in [-0.15, -0.1) is 11.3 Å². The van der Waals surface area contributed by atoms with Crippen LogP contribution in [-0.4, -0.2) is 23.1 Å². The SMILES string of the molecule is CC1CCC(C)N(c2nc(CNC(C)(C)C)cs2)C1. The van der Waals surface area contributed by atoms with E-state index in [0.717, 1.165) is 19.0 Å². The lowest BCUT2D eigenvalue weighted by Gasteiger charge is -2.36. The molecule has 0 aromatic carbocycles. The van der Waals surface area contributed by atoms with E-state index >= 15 is 0 Å². The van der Waals surface area contributed by atoms with E-state index in [2.05, 4.69) is 50.2 Å². The van der Waals surface area contributed by atoms with Gasteiger partial charge in [0, 0.05) is 30.1 Å². The van der Waals surface area contributed by atoms with Gasteiger partial charge in [0.15, 0.2) is 5.13 Å². The molecule has 0 aliphatic carbocycles. The summed E-state index contributed by atoms with van der Waals surface area (Å²) in [5.74, 6) is 0.788. The van der Waals surface area contributed by atoms with E-state index in [9.17, 15) is 0 Å². The van der Waals surface area contributed by atoms with Gasteiger partial charge in [-0.3, -0.25) is 0 Å². The second-order valence-corrected chi connectivity index (χ2v) is 7.75. The highest BCUT2D eigenvalue weighted by Gasteiger charge is 2.25. The van der Waals surface area contributed by atoms with Crippen LogP contribution < -0.4 is 10.2 Å². The van der Waals surface area contributed by atoms with Gasteiger partial charge in [0.25, 0.3) is 0 Å². The van der Waals surface area contributed by atoms with Crippen molar-refractivity contribution in [2.75, 3.05) is 11.4 Å². The second-order valence-electron chi connectivity index (χ2n) is 6.91. The van der Waals surface area contributed by atoms with Crippen molar-refractivity contribution in [3.05, 3.63) is 11.1 Å². The Morgan fingerprint density at radius 2 is 2.11 bits per heavy atom. The topological polar surface area (TPSA) is 28.2 Å². The lowest BCUT2D eigenvalue weighted by molar-refractivity contribution is 0.389. The summed E-state index contributed by atoms with van der Waals surface area (Å²) < 4.78 is 0. The summed E-state index contributed by atoms with van der Waals surface area (Å²) in [6, 6.07) is 0.630. The Kier molecular flexibility index (Phi) is 4.51. The molecule has 1 fully saturated rings. The Morgan fingerprint density at radius 1 is 1.37 bits per heavy atom. The van der Waals surface area contributed by atoms with E-state index in [-0.39, 0.29) is 5.54 Å². The third-order valence-corrected chi connectivity index (χ3v) is 4.63. The molecule has 0 saturated carbocycles. The third-order valence-electron chi connectivity index (χ3n) is 3.70. The zero-order valence-corrected chi connectivity index (χ0v) is 13.7. The predicted octanol–water partition coefficient (Wildman–Crippen LogP) is 3.66. The molecule has 1 N–H and O–H groups in total. The van der Waals surface area contributed by atoms with Crippen LogP contribution in [0.2, 0.25) is 0 Å². The van der Waals surface area contributed by atoms with Gasteiger partial charge < -0.3 is 10.2 Å². The van der Waals surface area contributed by atoms with Gasteiger partial charge in [0.05, 0.1) is 5.69 Å². The number of hydrogen-bond donors (Lipinski definition) is 1. The first-order valence-electron chi connectivity index (χ1n) is 7.31. The van der Waals surface area contributed by atoms with Gasteiger partial charge in [-0.25, -0.2) is 4.98 Å². The number of anilines is 1. The van der Waals surface area contributed by atoms with Gasteiger partial charge >= 0.3 is 0 Å². The molecule has 0 bridgehead atoms. The molecule has 4 heteroatoms. The average molecular weight is 281 g/mol. The minimum atomic E-state index is 0.150. The molecule has 0 amide bonds. The third kappa shape index (κ3) is 4.18. The highest BCUT2D eigenvalue weighted by molar-refractivity contribution is 7.13. The zero-order chi connectivity index (χ0) is 14.0. The van der Waals surface area contributed by atoms with Crippen LogP contribution in [0.25, 0.3) is 0 Å². The predicted molar refractivity (Wildman–Crippen MR) is 83.9 cm³/mol. The van der Waals surface area contributed by atoms with Crippen molar-refractivity contribution in [1.82, 2.24) is 10.3 Å². The summed E-state index contributed by atoms with van der Waals surface area (Å²) in [5, 5.41) is 6.89. The molecule has 3 nitrogen and oxygen atoms in total. The monoisotopic (exact) mass is 281 g/mol. The van der Waals surface area contributed by atoms with Crippen LogP contribution in [0.15, 0.2) is 5.38 Å². The van der Waals surface area contributed by atoms with Gasteiger partial charge in [-0.2, -0.15) is 0 Å². The van der Waals surface area contributed by atoms with Crippen LogP contribution in [-0.2, 0) is 6.54 Å². The molecular weight excluding hydrogens is 254 g/mol. The van der Waals surface area contributed by atoms with E-state index < -0.39 is 0 Å². The Hall–Kier alpha value is -0.610. The van der Waals surface area contributed by atoms with E-state index in [1.807, 2.05) is 0 Å². The fourth-order valence-corrected chi connectivity index (χ4v) is 3.36. The average Bonchev–Trinajstić information content (AvgIpc) is 2.77. The summed E-state index contributed by atoms with van der Waals surface area (Å²) in [6.45, 7) is 13.2. The smallest absolute Gasteiger partial charge is 0.185 e. The standard InChI is InChI=1S/C15H27N3S/c1-11-6-7-12(2)18(9-11)14-17-13(10-19-14)8-16-15(3,4)5/h10-12,16H,6-9H2,1-5H3. The molecule has 0 radical (unpaired) electrons. The highest BCUT2D eigenvalue weighted by atomic mass is 32.1. The van der Waals surface area contributed by atoms with Crippen molar-refractivity contribution < 1.29 is 0 Å². The van der Waals surface area contributed by atoms with Gasteiger partial charge in [0.2, 0.25) is 0 Å². The zero-order valence-electron chi connectivity index (χ0n) is 12.9. The molecule has 2 unspecified atom stereocenters. The summed E-state index contributed by atoms with van der Waals surface area (Å²) in [5.41, 5.74) is 1.32. The Morgan fingerprint density at radius 3 is 2.79 bits per heavy atom. The summed E-state index contributed by atoms with van der Waals surface area (Å²) in [6.07, 6.45) is 2.64. The molecule has 19 heavy (non-hydrogen) atoms. The summed E-state index contributed by atoms with van der Waals surface area (Å²) in [7, 11) is 0. The molecule has 2 heterocycles. The lowest BCUT2D eigenvalue weighted by Crippen LogP contribution is -2.41. The van der Waals surface area contributed by atoms with Crippen LogP contribution in [0, 0.1) is 5.92 Å². The number of nitrogens with zero attached hydrogens (tertiary/aromatic N) is 2. The molecule has 1 aliphatic rings. The second kappa shape index (κ2) is 5.80. The molecule has 0 spiro atoms. The first kappa shape index (κ1) is 14.8. The van der Waals surface area contributed by atoms with Crippen molar-refractivity contribution in [2.24, 2.45) is 5.92 Å². The Balaban J connectivity index is 1.99. The maximum atomic E-state index is 4.80. The minimum Gasteiger partial charge on any atom is -0.345 e. The summed E-state index contributed by atoms with van der Waals surface area (Å²) >= 11 is 1.79. The first-order chi connectivity index (χ1) is 8.85. The van der Waals surface area contributed by atoms with Crippen molar-refractivity contribution in [1.29, 1.82) is 0 Å². The number of piperidine rings is 1. The quantitative estimate of drug-likeness (QED) is 0.916. The van der Waals surface area contributed by atoms with Crippen LogP contribution in [0.4, 0.5) is 5.13 Å². The fraction of sp³-hybridized carbons (Fsp3) is 0.800. The summed E-state index contributed by atoms with van der Waals surface area (Å²) in [4.78, 5) is 7.29. The van der Waals surface area contributed by atoms with Gasteiger partial charge in [0.1, 0.15) is 0 Å². The molecule has 108 valence electrons. The van der Waals surface area contributed by atoms with Gasteiger partial charge in [-0.1, -0.05) is 6.92 Å². The molecule has 2 atom stereocenters. The van der Waals surface area contributed by atoms with Crippen LogP contribution >= 0.6 is 11.3 Å². The first-order valence-corrected chi connectivity index (χ1v) is 8.19. The molecular formula is C15H27N3S. The van der Waals surface area contributed by atoms with E-state index in [0.29, 0.717) is 6.04 Å². The molecule has 1 aromatic rings. The molecule has 1 aliphatic heterocycles. The number of aromatic nitrogens is 1. The Bertz CT molecular complexity index is 408. The van der Waals surface area contributed by atoms with E-state index in [1.54, 1.807) is 11.3 Å². The molecule has 2 rings (SSSR count). The maximum absolute atomic E-state index is 4.80. The number of thiazole rings is 1. The molecule has 1 aromatic heterocycles. The van der Waals surface area contributed by atoms with Crippen molar-refractivity contribution >= 4 is 16.5 Å². The maximum Gasteiger partial charge on any atom is 0.185 e. The molecule has 1 saturated heterocycles. The fourth-order valence-electron chi connectivity index (χ4n) is 2.42. The number of hydrogen-bond acceptors (Lipinski definition) is 4. The number of rotatable bonds is 3. The largest absolute Gasteiger partial charge is 0.345 e. The van der Waals surface area contributed by atoms with Crippen molar-refractivity contribution in [2.45, 2.75) is 65.6 Å². The van der Waals surface area contributed by atoms with Crippen LogP contribution in [0.3, 0.4) is 0 Å². The van der Waals surface area contributed by atoms with Crippen LogP contribution in [0.5, 0.6) is 0 Å². The Labute approximate surface area is 121 Å². The van der Waals surface area contributed by atoms with Gasteiger partial charge in [-0.05, 0) is 46.5 Å². The normalized spacial score (nSPS) is 24.8. The van der Waals surface area contributed by atoms with E-state index in [4.69, 9.17) is 4.98 Å². The van der Waals surface area contributed by atoms with Crippen molar-refractivity contribution in [3.8, 4) is 0 Å². The van der Waals surface area contributed by atoms with Crippen molar-refractivity contribution in [3.63, 3.8) is 0 Å².